The highest BCUT2D eigenvalue weighted by Gasteiger charge is 2.27. The molecular weight excluding hydrogens is 223 g/mol. The first-order valence-electron chi connectivity index (χ1n) is 2.29. The average Bonchev–Trinajstić information content (AvgIpc) is 1.62. The standard InChI is InChI=1S/C4H9IO3/c1-2-3(5)4(6,7)8/h3,6-8H,2H2,1H3. The van der Waals surface area contributed by atoms with Crippen molar-refractivity contribution in [1.82, 2.24) is 0 Å². The summed E-state index contributed by atoms with van der Waals surface area (Å²) in [6, 6.07) is 0. The van der Waals surface area contributed by atoms with E-state index in [1.54, 1.807) is 29.5 Å². The molecule has 0 aromatic carbocycles. The smallest absolute Gasteiger partial charge is 0.287 e. The number of rotatable bonds is 2. The van der Waals surface area contributed by atoms with Gasteiger partial charge in [0.05, 0.1) is 3.92 Å². The molecule has 0 aromatic heterocycles. The summed E-state index contributed by atoms with van der Waals surface area (Å²) in [7, 11) is 0. The lowest BCUT2D eigenvalue weighted by atomic mass is 10.3. The molecular formula is C4H9IO3. The van der Waals surface area contributed by atoms with Gasteiger partial charge in [0.2, 0.25) is 0 Å². The molecule has 0 saturated heterocycles. The summed E-state index contributed by atoms with van der Waals surface area (Å²) in [6.07, 6.45) is 0.532. The van der Waals surface area contributed by atoms with E-state index in [0.717, 1.165) is 0 Å². The zero-order valence-electron chi connectivity index (χ0n) is 4.50. The van der Waals surface area contributed by atoms with Crippen molar-refractivity contribution in [2.45, 2.75) is 23.2 Å². The molecule has 4 heteroatoms. The Morgan fingerprint density at radius 2 is 1.88 bits per heavy atom. The zero-order chi connectivity index (χ0) is 6.78. The number of alkyl halides is 1. The van der Waals surface area contributed by atoms with Gasteiger partial charge in [0.15, 0.2) is 0 Å². The number of hydrogen-bond acceptors (Lipinski definition) is 3. The second-order valence-electron chi connectivity index (χ2n) is 1.56. The molecule has 50 valence electrons. The van der Waals surface area contributed by atoms with Crippen LogP contribution in [0.2, 0.25) is 0 Å². The Morgan fingerprint density at radius 3 is 1.88 bits per heavy atom. The van der Waals surface area contributed by atoms with E-state index in [2.05, 4.69) is 0 Å². The molecule has 0 radical (unpaired) electrons. The Balaban J connectivity index is 3.62. The molecule has 8 heavy (non-hydrogen) atoms. The second-order valence-corrected chi connectivity index (χ2v) is 3.07. The van der Waals surface area contributed by atoms with Gasteiger partial charge in [-0.25, -0.2) is 0 Å². The lowest BCUT2D eigenvalue weighted by molar-refractivity contribution is -0.307. The number of halogens is 1. The molecule has 3 N–H and O–H groups in total. The van der Waals surface area contributed by atoms with E-state index < -0.39 is 9.90 Å². The zero-order valence-corrected chi connectivity index (χ0v) is 6.66. The first-order chi connectivity index (χ1) is 3.48. The third-order valence-electron chi connectivity index (χ3n) is 0.779. The van der Waals surface area contributed by atoms with Gasteiger partial charge in [-0.15, -0.1) is 0 Å². The van der Waals surface area contributed by atoms with Gasteiger partial charge in [0.1, 0.15) is 0 Å². The van der Waals surface area contributed by atoms with Crippen LogP contribution in [0.25, 0.3) is 0 Å². The fourth-order valence-corrected chi connectivity index (χ4v) is 0.274. The lowest BCUT2D eigenvalue weighted by Crippen LogP contribution is -2.37. The van der Waals surface area contributed by atoms with Crippen LogP contribution in [0.3, 0.4) is 0 Å². The van der Waals surface area contributed by atoms with E-state index >= 15 is 0 Å². The van der Waals surface area contributed by atoms with Crippen LogP contribution in [-0.2, 0) is 0 Å². The van der Waals surface area contributed by atoms with Crippen LogP contribution in [0.1, 0.15) is 13.3 Å². The predicted molar refractivity (Wildman–Crippen MR) is 37.5 cm³/mol. The third-order valence-corrected chi connectivity index (χ3v) is 2.50. The first kappa shape index (κ1) is 8.61. The van der Waals surface area contributed by atoms with Crippen molar-refractivity contribution >= 4 is 22.6 Å². The predicted octanol–water partition coefficient (Wildman–Crippen LogP) is -0.169. The van der Waals surface area contributed by atoms with Gasteiger partial charge in [-0.2, -0.15) is 0 Å². The van der Waals surface area contributed by atoms with Crippen LogP contribution < -0.4 is 0 Å². The average molecular weight is 232 g/mol. The van der Waals surface area contributed by atoms with Crippen LogP contribution in [0.5, 0.6) is 0 Å². The minimum atomic E-state index is -2.50. The summed E-state index contributed by atoms with van der Waals surface area (Å²) in [6.45, 7) is 1.76. The fourth-order valence-electron chi connectivity index (χ4n) is 0.274. The summed E-state index contributed by atoms with van der Waals surface area (Å²) in [5.74, 6) is -2.50. The van der Waals surface area contributed by atoms with Crippen LogP contribution in [0.4, 0.5) is 0 Å². The Labute approximate surface area is 61.5 Å². The monoisotopic (exact) mass is 232 g/mol. The van der Waals surface area contributed by atoms with E-state index in [-0.39, 0.29) is 0 Å². The van der Waals surface area contributed by atoms with Crippen molar-refractivity contribution in [3.05, 3.63) is 0 Å². The van der Waals surface area contributed by atoms with E-state index in [1.807, 2.05) is 0 Å². The molecule has 0 bridgehead atoms. The van der Waals surface area contributed by atoms with E-state index in [4.69, 9.17) is 15.3 Å². The van der Waals surface area contributed by atoms with Gasteiger partial charge in [0, 0.05) is 0 Å². The van der Waals surface area contributed by atoms with Crippen molar-refractivity contribution < 1.29 is 15.3 Å². The Morgan fingerprint density at radius 1 is 1.50 bits per heavy atom. The summed E-state index contributed by atoms with van der Waals surface area (Å²) >= 11 is 1.76. The van der Waals surface area contributed by atoms with Crippen molar-refractivity contribution in [3.63, 3.8) is 0 Å². The van der Waals surface area contributed by atoms with Gasteiger partial charge in [0.25, 0.3) is 5.97 Å². The molecule has 3 nitrogen and oxygen atoms in total. The summed E-state index contributed by atoms with van der Waals surface area (Å²) in [5.41, 5.74) is 0. The molecule has 0 aromatic rings. The molecule has 0 rings (SSSR count). The molecule has 0 aliphatic carbocycles. The Bertz CT molecular complexity index is 68.2. The van der Waals surface area contributed by atoms with Crippen molar-refractivity contribution in [2.75, 3.05) is 0 Å². The van der Waals surface area contributed by atoms with Crippen molar-refractivity contribution in [1.29, 1.82) is 0 Å². The van der Waals surface area contributed by atoms with Crippen molar-refractivity contribution in [2.24, 2.45) is 0 Å². The van der Waals surface area contributed by atoms with Crippen LogP contribution in [-0.4, -0.2) is 25.2 Å². The minimum Gasteiger partial charge on any atom is -0.343 e. The maximum Gasteiger partial charge on any atom is 0.287 e. The maximum atomic E-state index is 8.39. The summed E-state index contributed by atoms with van der Waals surface area (Å²) in [4.78, 5) is 0. The molecule has 0 heterocycles. The van der Waals surface area contributed by atoms with Crippen molar-refractivity contribution in [3.8, 4) is 0 Å². The van der Waals surface area contributed by atoms with Crippen LogP contribution in [0.15, 0.2) is 0 Å². The van der Waals surface area contributed by atoms with Gasteiger partial charge in [-0.05, 0) is 6.42 Å². The highest BCUT2D eigenvalue weighted by molar-refractivity contribution is 14.1. The molecule has 1 atom stereocenters. The largest absolute Gasteiger partial charge is 0.343 e. The fraction of sp³-hybridized carbons (Fsp3) is 1.00. The van der Waals surface area contributed by atoms with Gasteiger partial charge < -0.3 is 15.3 Å². The van der Waals surface area contributed by atoms with Gasteiger partial charge >= 0.3 is 0 Å². The van der Waals surface area contributed by atoms with E-state index in [9.17, 15) is 0 Å². The molecule has 0 aliphatic heterocycles. The van der Waals surface area contributed by atoms with Crippen LogP contribution >= 0.6 is 22.6 Å². The SMILES string of the molecule is CCC(I)C(O)(O)O. The molecule has 0 spiro atoms. The number of hydrogen-bond donors (Lipinski definition) is 3. The molecule has 0 fully saturated rings. The number of aliphatic hydroxyl groups is 3. The normalized spacial score (nSPS) is 16.1. The van der Waals surface area contributed by atoms with Crippen LogP contribution in [0, 0.1) is 0 Å². The quantitative estimate of drug-likeness (QED) is 0.352. The lowest BCUT2D eigenvalue weighted by Gasteiger charge is -2.18. The topological polar surface area (TPSA) is 60.7 Å². The van der Waals surface area contributed by atoms with Gasteiger partial charge in [-0.1, -0.05) is 29.5 Å². The summed E-state index contributed by atoms with van der Waals surface area (Å²) < 4.78 is -0.514. The molecule has 0 amide bonds. The molecule has 1 unspecified atom stereocenters. The maximum absolute atomic E-state index is 8.39. The summed E-state index contributed by atoms with van der Waals surface area (Å²) in [5, 5.41) is 25.2. The second kappa shape index (κ2) is 2.95. The Hall–Kier alpha value is 0.610. The molecule has 0 aliphatic rings. The van der Waals surface area contributed by atoms with E-state index in [1.165, 1.54) is 0 Å². The van der Waals surface area contributed by atoms with E-state index in [0.29, 0.717) is 6.42 Å². The minimum absolute atomic E-state index is 0.514. The highest BCUT2D eigenvalue weighted by atomic mass is 127. The highest BCUT2D eigenvalue weighted by Crippen LogP contribution is 2.15. The van der Waals surface area contributed by atoms with Gasteiger partial charge in [-0.3, -0.25) is 0 Å². The molecule has 0 saturated carbocycles. The Kier molecular flexibility index (Phi) is 3.18. The first-order valence-corrected chi connectivity index (χ1v) is 3.54. The third kappa shape index (κ3) is 2.81.